The molecule has 1 aromatic heterocycles. The van der Waals surface area contributed by atoms with E-state index in [1.54, 1.807) is 6.07 Å². The molecule has 0 atom stereocenters. The Hall–Kier alpha value is -2.33. The van der Waals surface area contributed by atoms with Crippen LogP contribution in [-0.2, 0) is 17.8 Å². The minimum absolute atomic E-state index is 0.115. The fourth-order valence-electron chi connectivity index (χ4n) is 2.57. The third kappa shape index (κ3) is 6.90. The van der Waals surface area contributed by atoms with Crippen LogP contribution in [0.3, 0.4) is 0 Å². The summed E-state index contributed by atoms with van der Waals surface area (Å²) in [4.78, 5) is 25.9. The van der Waals surface area contributed by atoms with Crippen molar-refractivity contribution in [3.8, 4) is 5.75 Å². The van der Waals surface area contributed by atoms with Gasteiger partial charge in [0.2, 0.25) is 0 Å². The number of carbonyl (C=O) groups is 1. The summed E-state index contributed by atoms with van der Waals surface area (Å²) in [6.45, 7) is 2.83. The van der Waals surface area contributed by atoms with E-state index < -0.39 is 18.0 Å². The van der Waals surface area contributed by atoms with E-state index in [0.29, 0.717) is 17.7 Å². The molecule has 0 saturated heterocycles. The Kier molecular flexibility index (Phi) is 7.86. The summed E-state index contributed by atoms with van der Waals surface area (Å²) in [5.74, 6) is -0.843. The highest BCUT2D eigenvalue weighted by atomic mass is 79.9. The third-order valence-corrected chi connectivity index (χ3v) is 4.41. The molecule has 1 amide bonds. The van der Waals surface area contributed by atoms with E-state index in [1.807, 2.05) is 6.92 Å². The number of ether oxygens (including phenoxy) is 2. The Balaban J connectivity index is 2.19. The number of aromatic nitrogens is 1. The summed E-state index contributed by atoms with van der Waals surface area (Å²) in [5.41, 5.74) is 0.141. The van der Waals surface area contributed by atoms with E-state index in [-0.39, 0.29) is 29.8 Å². The first kappa shape index (κ1) is 23.0. The van der Waals surface area contributed by atoms with Crippen molar-refractivity contribution in [1.82, 2.24) is 9.47 Å². The molecular weight excluding hydrogens is 457 g/mol. The summed E-state index contributed by atoms with van der Waals surface area (Å²) >= 11 is 3.11. The molecule has 2 aromatic rings. The molecule has 2 rings (SSSR count). The zero-order chi connectivity index (χ0) is 21.6. The number of alkyl halides is 3. The Morgan fingerprint density at radius 3 is 2.62 bits per heavy atom. The predicted octanol–water partition coefficient (Wildman–Crippen LogP) is 3.82. The summed E-state index contributed by atoms with van der Waals surface area (Å²) < 4.78 is 49.0. The molecule has 0 fully saturated rings. The first-order valence-corrected chi connectivity index (χ1v) is 9.48. The van der Waals surface area contributed by atoms with Crippen molar-refractivity contribution in [3.63, 3.8) is 0 Å². The average molecular weight is 477 g/mol. The molecule has 158 valence electrons. The van der Waals surface area contributed by atoms with E-state index in [9.17, 15) is 22.8 Å². The van der Waals surface area contributed by atoms with Crippen molar-refractivity contribution in [2.24, 2.45) is 0 Å². The van der Waals surface area contributed by atoms with Gasteiger partial charge >= 0.3 is 6.36 Å². The topological polar surface area (TPSA) is 60.8 Å². The van der Waals surface area contributed by atoms with Gasteiger partial charge in [-0.25, -0.2) is 0 Å². The van der Waals surface area contributed by atoms with Gasteiger partial charge in [-0.2, -0.15) is 0 Å². The van der Waals surface area contributed by atoms with Gasteiger partial charge in [-0.1, -0.05) is 22.0 Å². The third-order valence-electron chi connectivity index (χ3n) is 3.92. The molecule has 0 bridgehead atoms. The van der Waals surface area contributed by atoms with Crippen LogP contribution >= 0.6 is 15.9 Å². The smallest absolute Gasteiger partial charge is 0.405 e. The zero-order valence-electron chi connectivity index (χ0n) is 15.8. The Morgan fingerprint density at radius 2 is 1.97 bits per heavy atom. The number of benzene rings is 1. The molecule has 0 N–H and O–H groups in total. The standard InChI is InChI=1S/C19H20BrF3N2O4/c1-3-28-9-8-25-12-14(5-7-17(25)26)18(27)24(2)11-13-4-6-15(20)10-16(13)29-19(21,22)23/h4-7,10,12H,3,8-9,11H2,1-2H3. The molecule has 29 heavy (non-hydrogen) atoms. The van der Waals surface area contributed by atoms with Gasteiger partial charge in [0.15, 0.2) is 0 Å². The lowest BCUT2D eigenvalue weighted by Crippen LogP contribution is -2.29. The Labute approximate surface area is 174 Å². The monoisotopic (exact) mass is 476 g/mol. The number of nitrogens with zero attached hydrogens (tertiary/aromatic N) is 2. The first-order chi connectivity index (χ1) is 13.6. The van der Waals surface area contributed by atoms with Crippen molar-refractivity contribution in [1.29, 1.82) is 0 Å². The maximum absolute atomic E-state index is 12.7. The van der Waals surface area contributed by atoms with Gasteiger partial charge in [0.05, 0.1) is 12.2 Å². The molecule has 0 unspecified atom stereocenters. The van der Waals surface area contributed by atoms with Crippen molar-refractivity contribution in [3.05, 3.63) is 62.5 Å². The van der Waals surface area contributed by atoms with Gasteiger partial charge in [0.25, 0.3) is 11.5 Å². The highest BCUT2D eigenvalue weighted by Gasteiger charge is 2.32. The van der Waals surface area contributed by atoms with Gasteiger partial charge in [0.1, 0.15) is 5.75 Å². The fraction of sp³-hybridized carbons (Fsp3) is 0.368. The van der Waals surface area contributed by atoms with Crippen LogP contribution in [-0.4, -0.2) is 42.0 Å². The van der Waals surface area contributed by atoms with Crippen LogP contribution < -0.4 is 10.3 Å². The van der Waals surface area contributed by atoms with E-state index in [1.165, 1.54) is 47.0 Å². The summed E-state index contributed by atoms with van der Waals surface area (Å²) in [7, 11) is 1.46. The second-order valence-electron chi connectivity index (χ2n) is 6.11. The second kappa shape index (κ2) is 9.93. The molecule has 1 aromatic carbocycles. The van der Waals surface area contributed by atoms with Crippen LogP contribution in [0.4, 0.5) is 13.2 Å². The highest BCUT2D eigenvalue weighted by Crippen LogP contribution is 2.30. The van der Waals surface area contributed by atoms with Gasteiger partial charge in [-0.15, -0.1) is 13.2 Å². The number of rotatable bonds is 8. The summed E-state index contributed by atoms with van der Waals surface area (Å²) in [6, 6.07) is 6.84. The van der Waals surface area contributed by atoms with E-state index in [0.717, 1.165) is 0 Å². The molecular formula is C19H20BrF3N2O4. The summed E-state index contributed by atoms with van der Waals surface area (Å²) in [6.07, 6.45) is -3.44. The fourth-order valence-corrected chi connectivity index (χ4v) is 2.91. The van der Waals surface area contributed by atoms with Gasteiger partial charge < -0.3 is 18.9 Å². The number of hydrogen-bond donors (Lipinski definition) is 0. The number of halogens is 4. The Morgan fingerprint density at radius 1 is 1.24 bits per heavy atom. The quantitative estimate of drug-likeness (QED) is 0.543. The van der Waals surface area contributed by atoms with Crippen molar-refractivity contribution in [2.45, 2.75) is 26.4 Å². The molecule has 0 aliphatic rings. The molecule has 0 saturated carbocycles. The largest absolute Gasteiger partial charge is 0.573 e. The maximum Gasteiger partial charge on any atom is 0.573 e. The molecule has 0 radical (unpaired) electrons. The lowest BCUT2D eigenvalue weighted by Gasteiger charge is -2.20. The van der Waals surface area contributed by atoms with Gasteiger partial charge in [0, 0.05) is 49.0 Å². The zero-order valence-corrected chi connectivity index (χ0v) is 17.4. The minimum atomic E-state index is -4.85. The molecule has 1 heterocycles. The maximum atomic E-state index is 12.7. The SMILES string of the molecule is CCOCCn1cc(C(=O)N(C)Cc2ccc(Br)cc2OC(F)(F)F)ccc1=O. The Bertz CT molecular complexity index is 915. The van der Waals surface area contributed by atoms with Crippen LogP contribution in [0.2, 0.25) is 0 Å². The molecule has 10 heteroatoms. The van der Waals surface area contributed by atoms with Crippen LogP contribution in [0.5, 0.6) is 5.75 Å². The van der Waals surface area contributed by atoms with Gasteiger partial charge in [-0.05, 0) is 25.1 Å². The molecule has 0 spiro atoms. The number of hydrogen-bond acceptors (Lipinski definition) is 4. The number of amides is 1. The average Bonchev–Trinajstić information content (AvgIpc) is 2.63. The van der Waals surface area contributed by atoms with Crippen molar-refractivity contribution >= 4 is 21.8 Å². The first-order valence-electron chi connectivity index (χ1n) is 8.68. The number of pyridine rings is 1. The minimum Gasteiger partial charge on any atom is -0.405 e. The molecule has 6 nitrogen and oxygen atoms in total. The van der Waals surface area contributed by atoms with E-state index >= 15 is 0 Å². The van der Waals surface area contributed by atoms with E-state index in [4.69, 9.17) is 4.74 Å². The van der Waals surface area contributed by atoms with Crippen LogP contribution in [0.15, 0.2) is 45.8 Å². The predicted molar refractivity (Wildman–Crippen MR) is 104 cm³/mol. The van der Waals surface area contributed by atoms with E-state index in [2.05, 4.69) is 20.7 Å². The van der Waals surface area contributed by atoms with Gasteiger partial charge in [-0.3, -0.25) is 9.59 Å². The van der Waals surface area contributed by atoms with Crippen molar-refractivity contribution in [2.75, 3.05) is 20.3 Å². The number of carbonyl (C=O) groups excluding carboxylic acids is 1. The molecule has 0 aliphatic carbocycles. The van der Waals surface area contributed by atoms with Crippen LogP contribution in [0.1, 0.15) is 22.8 Å². The highest BCUT2D eigenvalue weighted by molar-refractivity contribution is 9.10. The lowest BCUT2D eigenvalue weighted by molar-refractivity contribution is -0.275. The van der Waals surface area contributed by atoms with Crippen molar-refractivity contribution < 1.29 is 27.4 Å². The normalized spacial score (nSPS) is 11.4. The van der Waals surface area contributed by atoms with Crippen LogP contribution in [0.25, 0.3) is 0 Å². The summed E-state index contributed by atoms with van der Waals surface area (Å²) in [5, 5.41) is 0. The van der Waals surface area contributed by atoms with Crippen LogP contribution in [0, 0.1) is 0 Å². The molecule has 0 aliphatic heterocycles. The lowest BCUT2D eigenvalue weighted by atomic mass is 10.1. The second-order valence-corrected chi connectivity index (χ2v) is 7.02.